The molecule has 1 unspecified atom stereocenters. The van der Waals surface area contributed by atoms with Crippen LogP contribution in [0.15, 0.2) is 35.3 Å². The molecule has 22 heavy (non-hydrogen) atoms. The zero-order valence-corrected chi connectivity index (χ0v) is 12.3. The molecule has 2 fully saturated rings. The number of carbonyl (C=O) groups excluding carboxylic acids is 1. The molecular weight excluding hydrogens is 278 g/mol. The van der Waals surface area contributed by atoms with Crippen molar-refractivity contribution in [2.75, 3.05) is 11.9 Å². The molecule has 1 saturated heterocycles. The standard InChI is InChI=1S/C17H19N3O2/c21-15-13-4-3-12(9-11(13)5-8-18-15)20-16(22)14-17(10-19-14)6-1-2-7-17/h3-5,8-9,14,19H,1-2,6-7,10H2,(H,18,21)(H,20,22). The fourth-order valence-corrected chi connectivity index (χ4v) is 3.89. The highest BCUT2D eigenvalue weighted by atomic mass is 16.2. The van der Waals surface area contributed by atoms with E-state index in [9.17, 15) is 9.59 Å². The lowest BCUT2D eigenvalue weighted by molar-refractivity contribution is -0.125. The summed E-state index contributed by atoms with van der Waals surface area (Å²) in [5.74, 6) is 0.0392. The van der Waals surface area contributed by atoms with Gasteiger partial charge >= 0.3 is 0 Å². The number of fused-ring (bicyclic) bond motifs is 1. The van der Waals surface area contributed by atoms with Crippen LogP contribution in [0.4, 0.5) is 5.69 Å². The van der Waals surface area contributed by atoms with Crippen molar-refractivity contribution < 1.29 is 4.79 Å². The molecule has 2 aromatic rings. The normalized spacial score (nSPS) is 22.6. The second-order valence-electron chi connectivity index (χ2n) is 6.48. The van der Waals surface area contributed by atoms with E-state index in [1.807, 2.05) is 12.1 Å². The van der Waals surface area contributed by atoms with Gasteiger partial charge in [0.15, 0.2) is 0 Å². The first-order chi connectivity index (χ1) is 10.7. The third-order valence-electron chi connectivity index (χ3n) is 5.17. The molecule has 2 heterocycles. The molecule has 0 radical (unpaired) electrons. The molecule has 1 aliphatic carbocycles. The lowest BCUT2D eigenvalue weighted by Crippen LogP contribution is -2.66. The minimum atomic E-state index is -0.110. The van der Waals surface area contributed by atoms with Crippen LogP contribution < -0.4 is 16.2 Å². The Morgan fingerprint density at radius 3 is 2.77 bits per heavy atom. The van der Waals surface area contributed by atoms with Gasteiger partial charge in [0.25, 0.3) is 5.56 Å². The predicted octanol–water partition coefficient (Wildman–Crippen LogP) is 2.00. The number of anilines is 1. The number of aromatic nitrogens is 1. The van der Waals surface area contributed by atoms with Gasteiger partial charge < -0.3 is 15.6 Å². The van der Waals surface area contributed by atoms with Gasteiger partial charge in [-0.25, -0.2) is 0 Å². The lowest BCUT2D eigenvalue weighted by Gasteiger charge is -2.47. The predicted molar refractivity (Wildman–Crippen MR) is 85.9 cm³/mol. The second kappa shape index (κ2) is 4.95. The summed E-state index contributed by atoms with van der Waals surface area (Å²) in [6, 6.07) is 7.15. The fourth-order valence-electron chi connectivity index (χ4n) is 3.89. The Hall–Kier alpha value is -2.14. The average Bonchev–Trinajstić information content (AvgIpc) is 2.98. The van der Waals surface area contributed by atoms with E-state index >= 15 is 0 Å². The molecule has 3 N–H and O–H groups in total. The molecule has 1 aromatic carbocycles. The van der Waals surface area contributed by atoms with Crippen molar-refractivity contribution in [3.63, 3.8) is 0 Å². The summed E-state index contributed by atoms with van der Waals surface area (Å²) in [5.41, 5.74) is 0.809. The van der Waals surface area contributed by atoms with E-state index in [0.29, 0.717) is 5.39 Å². The van der Waals surface area contributed by atoms with Crippen LogP contribution in [0.1, 0.15) is 25.7 Å². The number of hydrogen-bond acceptors (Lipinski definition) is 3. The summed E-state index contributed by atoms with van der Waals surface area (Å²) in [4.78, 5) is 26.9. The minimum absolute atomic E-state index is 0.0392. The molecule has 2 aliphatic rings. The molecule has 114 valence electrons. The topological polar surface area (TPSA) is 74.0 Å². The zero-order valence-electron chi connectivity index (χ0n) is 12.3. The van der Waals surface area contributed by atoms with E-state index < -0.39 is 0 Å². The number of aromatic amines is 1. The van der Waals surface area contributed by atoms with Gasteiger partial charge in [0.2, 0.25) is 5.91 Å². The van der Waals surface area contributed by atoms with Crippen LogP contribution >= 0.6 is 0 Å². The largest absolute Gasteiger partial charge is 0.329 e. The van der Waals surface area contributed by atoms with Crippen LogP contribution in [0.2, 0.25) is 0 Å². The van der Waals surface area contributed by atoms with Crippen molar-refractivity contribution in [1.82, 2.24) is 10.3 Å². The molecule has 1 spiro atoms. The van der Waals surface area contributed by atoms with Crippen LogP contribution in [0.25, 0.3) is 10.8 Å². The smallest absolute Gasteiger partial charge is 0.255 e. The maximum atomic E-state index is 12.5. The molecule has 1 aliphatic heterocycles. The Morgan fingerprint density at radius 1 is 1.23 bits per heavy atom. The number of rotatable bonds is 2. The molecule has 1 amide bonds. The van der Waals surface area contributed by atoms with Crippen molar-refractivity contribution in [3.8, 4) is 0 Å². The summed E-state index contributed by atoms with van der Waals surface area (Å²) < 4.78 is 0. The Bertz CT molecular complexity index is 790. The van der Waals surface area contributed by atoms with Gasteiger partial charge in [0, 0.05) is 29.2 Å². The van der Waals surface area contributed by atoms with E-state index in [2.05, 4.69) is 15.6 Å². The highest BCUT2D eigenvalue weighted by molar-refractivity contribution is 5.98. The average molecular weight is 297 g/mol. The Morgan fingerprint density at radius 2 is 2.05 bits per heavy atom. The van der Waals surface area contributed by atoms with Gasteiger partial charge in [-0.15, -0.1) is 0 Å². The third kappa shape index (κ3) is 2.04. The van der Waals surface area contributed by atoms with Crippen molar-refractivity contribution >= 4 is 22.4 Å². The molecular formula is C17H19N3O2. The summed E-state index contributed by atoms with van der Waals surface area (Å²) in [5, 5.41) is 7.74. The highest BCUT2D eigenvalue weighted by Gasteiger charge is 2.51. The quantitative estimate of drug-likeness (QED) is 0.793. The van der Waals surface area contributed by atoms with Crippen molar-refractivity contribution in [1.29, 1.82) is 0 Å². The number of nitrogens with one attached hydrogen (secondary N) is 3. The number of amides is 1. The van der Waals surface area contributed by atoms with Crippen LogP contribution in [-0.2, 0) is 4.79 Å². The number of hydrogen-bond donors (Lipinski definition) is 3. The van der Waals surface area contributed by atoms with Crippen molar-refractivity contribution in [3.05, 3.63) is 40.8 Å². The van der Waals surface area contributed by atoms with Crippen LogP contribution in [-0.4, -0.2) is 23.5 Å². The van der Waals surface area contributed by atoms with Gasteiger partial charge in [0.05, 0.1) is 6.04 Å². The van der Waals surface area contributed by atoms with Gasteiger partial charge in [-0.2, -0.15) is 0 Å². The van der Waals surface area contributed by atoms with E-state index in [0.717, 1.165) is 30.5 Å². The van der Waals surface area contributed by atoms with Gasteiger partial charge in [-0.1, -0.05) is 12.8 Å². The van der Waals surface area contributed by atoms with Gasteiger partial charge in [0.1, 0.15) is 0 Å². The molecule has 1 atom stereocenters. The third-order valence-corrected chi connectivity index (χ3v) is 5.17. The first-order valence-electron chi connectivity index (χ1n) is 7.84. The number of H-pyrrole nitrogens is 1. The highest BCUT2D eigenvalue weighted by Crippen LogP contribution is 2.45. The zero-order chi connectivity index (χ0) is 15.2. The summed E-state index contributed by atoms with van der Waals surface area (Å²) in [6.45, 7) is 0.957. The molecule has 4 rings (SSSR count). The molecule has 5 heteroatoms. The first-order valence-corrected chi connectivity index (χ1v) is 7.84. The van der Waals surface area contributed by atoms with Gasteiger partial charge in [-0.05, 0) is 42.5 Å². The van der Waals surface area contributed by atoms with Gasteiger partial charge in [-0.3, -0.25) is 9.59 Å². The maximum Gasteiger partial charge on any atom is 0.255 e. The minimum Gasteiger partial charge on any atom is -0.329 e. The Labute approximate surface area is 128 Å². The summed E-state index contributed by atoms with van der Waals surface area (Å²) in [7, 11) is 0. The molecule has 5 nitrogen and oxygen atoms in total. The number of pyridine rings is 1. The number of benzene rings is 1. The maximum absolute atomic E-state index is 12.5. The van der Waals surface area contributed by atoms with Crippen LogP contribution in [0, 0.1) is 5.41 Å². The molecule has 1 saturated carbocycles. The van der Waals surface area contributed by atoms with E-state index in [4.69, 9.17) is 0 Å². The van der Waals surface area contributed by atoms with Crippen LogP contribution in [0.3, 0.4) is 0 Å². The lowest BCUT2D eigenvalue weighted by atomic mass is 9.71. The summed E-state index contributed by atoms with van der Waals surface area (Å²) in [6.07, 6.45) is 6.36. The van der Waals surface area contributed by atoms with E-state index in [1.54, 1.807) is 18.3 Å². The van der Waals surface area contributed by atoms with Crippen molar-refractivity contribution in [2.24, 2.45) is 5.41 Å². The SMILES string of the molecule is O=C(Nc1ccc2c(=O)[nH]ccc2c1)C1NCC12CCCC2. The second-order valence-corrected chi connectivity index (χ2v) is 6.48. The fraction of sp³-hybridized carbons (Fsp3) is 0.412. The Balaban J connectivity index is 1.56. The first kappa shape index (κ1) is 13.5. The van der Waals surface area contributed by atoms with E-state index in [-0.39, 0.29) is 22.9 Å². The molecule has 1 aromatic heterocycles. The number of carbonyl (C=O) groups is 1. The monoisotopic (exact) mass is 297 g/mol. The van der Waals surface area contributed by atoms with Crippen molar-refractivity contribution in [2.45, 2.75) is 31.7 Å². The van der Waals surface area contributed by atoms with E-state index in [1.165, 1.54) is 12.8 Å². The van der Waals surface area contributed by atoms with Crippen LogP contribution in [0.5, 0.6) is 0 Å². The molecule has 0 bridgehead atoms. The Kier molecular flexibility index (Phi) is 3.04. The summed E-state index contributed by atoms with van der Waals surface area (Å²) >= 11 is 0.